The minimum absolute atomic E-state index is 0.171. The molecule has 0 unspecified atom stereocenters. The Hall–Kier alpha value is -1.77. The van der Waals surface area contributed by atoms with Gasteiger partial charge in [-0.05, 0) is 38.8 Å². The van der Waals surface area contributed by atoms with E-state index in [0.29, 0.717) is 54.2 Å². The van der Waals surface area contributed by atoms with Crippen LogP contribution < -0.4 is 0 Å². The molecular formula is C20H24ClN4O4PS. The molecule has 0 spiro atoms. The second-order valence-corrected chi connectivity index (χ2v) is 11.1. The highest BCUT2D eigenvalue weighted by molar-refractivity contribution is 7.54. The van der Waals surface area contributed by atoms with Crippen LogP contribution in [0.15, 0.2) is 30.6 Å². The van der Waals surface area contributed by atoms with Gasteiger partial charge in [-0.1, -0.05) is 29.0 Å². The fourth-order valence-electron chi connectivity index (χ4n) is 3.80. The van der Waals surface area contributed by atoms with Crippen LogP contribution in [0.4, 0.5) is 0 Å². The van der Waals surface area contributed by atoms with E-state index in [-0.39, 0.29) is 11.6 Å². The van der Waals surface area contributed by atoms with Crippen molar-refractivity contribution in [2.24, 2.45) is 0 Å². The van der Waals surface area contributed by atoms with Crippen molar-refractivity contribution in [1.82, 2.24) is 19.5 Å². The Morgan fingerprint density at radius 1 is 1.26 bits per heavy atom. The van der Waals surface area contributed by atoms with Gasteiger partial charge in [-0.3, -0.25) is 9.36 Å². The minimum Gasteiger partial charge on any atom is -0.337 e. The van der Waals surface area contributed by atoms with Crippen molar-refractivity contribution >= 4 is 42.0 Å². The zero-order chi connectivity index (χ0) is 22.0. The fourth-order valence-corrected chi connectivity index (χ4v) is 7.02. The van der Waals surface area contributed by atoms with E-state index in [4.69, 9.17) is 20.6 Å². The number of rotatable bonds is 7. The summed E-state index contributed by atoms with van der Waals surface area (Å²) < 4.78 is 26.2. The number of piperidine rings is 1. The van der Waals surface area contributed by atoms with Crippen LogP contribution in [0, 0.1) is 0 Å². The van der Waals surface area contributed by atoms with Crippen molar-refractivity contribution in [2.75, 3.05) is 26.3 Å². The number of pyridine rings is 1. The third-order valence-electron chi connectivity index (χ3n) is 5.27. The van der Waals surface area contributed by atoms with Crippen molar-refractivity contribution in [3.63, 3.8) is 0 Å². The predicted molar refractivity (Wildman–Crippen MR) is 121 cm³/mol. The van der Waals surface area contributed by atoms with Gasteiger partial charge in [-0.2, -0.15) is 5.10 Å². The van der Waals surface area contributed by atoms with E-state index >= 15 is 0 Å². The first-order valence-corrected chi connectivity index (χ1v) is 13.0. The molecule has 11 heteroatoms. The maximum absolute atomic E-state index is 13.1. The van der Waals surface area contributed by atoms with Gasteiger partial charge in [0.2, 0.25) is 0 Å². The first-order chi connectivity index (χ1) is 15.0. The maximum Gasteiger partial charge on any atom is 0.333 e. The summed E-state index contributed by atoms with van der Waals surface area (Å²) in [6.07, 6.45) is 4.67. The first kappa shape index (κ1) is 22.4. The summed E-state index contributed by atoms with van der Waals surface area (Å²) in [5, 5.41) is 4.66. The Bertz CT molecular complexity index is 1120. The molecule has 8 nitrogen and oxygen atoms in total. The summed E-state index contributed by atoms with van der Waals surface area (Å²) in [7, 11) is -3.16. The van der Waals surface area contributed by atoms with E-state index in [1.54, 1.807) is 29.5 Å². The second kappa shape index (κ2) is 9.38. The molecule has 1 aliphatic heterocycles. The van der Waals surface area contributed by atoms with Gasteiger partial charge in [0, 0.05) is 24.8 Å². The first-order valence-electron chi connectivity index (χ1n) is 10.2. The molecule has 4 rings (SSSR count). The van der Waals surface area contributed by atoms with Crippen LogP contribution >= 0.6 is 30.5 Å². The monoisotopic (exact) mass is 482 g/mol. The van der Waals surface area contributed by atoms with Crippen molar-refractivity contribution in [1.29, 1.82) is 0 Å². The lowest BCUT2D eigenvalue weighted by Crippen LogP contribution is -2.40. The standard InChI is InChI=1S/C20H24ClN4O4PS/c1-3-28-30(27,29-4-2)14-8-11-24(12-9-14)20(26)19-23-17(18(21)31-19)15-13-22-25-10-6-5-7-16(15)25/h5-7,10,13-14H,3-4,8-9,11-12H2,1-2H3. The largest absolute Gasteiger partial charge is 0.337 e. The van der Waals surface area contributed by atoms with Crippen molar-refractivity contribution in [2.45, 2.75) is 32.3 Å². The molecular weight excluding hydrogens is 459 g/mol. The molecule has 0 aliphatic carbocycles. The molecule has 3 aromatic rings. The zero-order valence-corrected chi connectivity index (χ0v) is 19.8. The molecule has 1 fully saturated rings. The van der Waals surface area contributed by atoms with E-state index < -0.39 is 7.60 Å². The van der Waals surface area contributed by atoms with Gasteiger partial charge in [0.05, 0.1) is 30.6 Å². The molecule has 1 amide bonds. The van der Waals surface area contributed by atoms with Gasteiger partial charge in [0.1, 0.15) is 10.0 Å². The van der Waals surface area contributed by atoms with Gasteiger partial charge in [0.25, 0.3) is 5.91 Å². The Balaban J connectivity index is 1.49. The molecule has 0 radical (unpaired) electrons. The third kappa shape index (κ3) is 4.43. The SMILES string of the molecule is CCOP(=O)(OCC)C1CCN(C(=O)c2nc(-c3cnn4ccccc34)c(Cl)s2)CC1. The second-order valence-electron chi connectivity index (χ2n) is 7.13. The number of thiazole rings is 1. The van der Waals surface area contributed by atoms with E-state index in [0.717, 1.165) is 11.1 Å². The molecule has 1 aliphatic rings. The number of likely N-dealkylation sites (tertiary alicyclic amines) is 1. The molecule has 3 aromatic heterocycles. The van der Waals surface area contributed by atoms with Crippen LogP contribution in [0.3, 0.4) is 0 Å². The van der Waals surface area contributed by atoms with Crippen LogP contribution in [0.1, 0.15) is 36.5 Å². The highest BCUT2D eigenvalue weighted by Gasteiger charge is 2.39. The lowest BCUT2D eigenvalue weighted by Gasteiger charge is -2.34. The molecule has 0 bridgehead atoms. The fraction of sp³-hybridized carbons (Fsp3) is 0.450. The van der Waals surface area contributed by atoms with E-state index in [1.165, 1.54) is 11.3 Å². The Morgan fingerprint density at radius 2 is 1.97 bits per heavy atom. The summed E-state index contributed by atoms with van der Waals surface area (Å²) in [6, 6.07) is 5.74. The maximum atomic E-state index is 13.1. The summed E-state index contributed by atoms with van der Waals surface area (Å²) in [4.78, 5) is 19.3. The van der Waals surface area contributed by atoms with Crippen molar-refractivity contribution in [3.8, 4) is 11.3 Å². The van der Waals surface area contributed by atoms with Gasteiger partial charge >= 0.3 is 7.60 Å². The molecule has 0 aromatic carbocycles. The smallest absolute Gasteiger partial charge is 0.333 e. The van der Waals surface area contributed by atoms with Crippen LogP contribution in [0.5, 0.6) is 0 Å². The summed E-state index contributed by atoms with van der Waals surface area (Å²) in [5.41, 5.74) is 2.01. The molecule has 1 saturated heterocycles. The number of carbonyl (C=O) groups excluding carboxylic acids is 1. The van der Waals surface area contributed by atoms with Gasteiger partial charge < -0.3 is 13.9 Å². The number of fused-ring (bicyclic) bond motifs is 1. The van der Waals surface area contributed by atoms with E-state index in [2.05, 4.69) is 10.1 Å². The average Bonchev–Trinajstić information content (AvgIpc) is 3.37. The topological polar surface area (TPSA) is 86.0 Å². The number of hydrogen-bond acceptors (Lipinski definition) is 7. The van der Waals surface area contributed by atoms with Crippen LogP contribution in [-0.2, 0) is 13.6 Å². The van der Waals surface area contributed by atoms with Crippen LogP contribution in [0.2, 0.25) is 4.34 Å². The predicted octanol–water partition coefficient (Wildman–Crippen LogP) is 4.98. The Morgan fingerprint density at radius 3 is 2.65 bits per heavy atom. The number of hydrogen-bond donors (Lipinski definition) is 0. The molecule has 4 heterocycles. The van der Waals surface area contributed by atoms with Gasteiger partial charge in [0.15, 0.2) is 5.01 Å². The molecule has 166 valence electrons. The highest BCUT2D eigenvalue weighted by Crippen LogP contribution is 2.56. The zero-order valence-electron chi connectivity index (χ0n) is 17.4. The number of halogens is 1. The lowest BCUT2D eigenvalue weighted by molar-refractivity contribution is 0.0716. The number of nitrogens with zero attached hydrogens (tertiary/aromatic N) is 4. The van der Waals surface area contributed by atoms with Gasteiger partial charge in [-0.15, -0.1) is 0 Å². The quantitative estimate of drug-likeness (QED) is 0.441. The Labute approximate surface area is 189 Å². The normalized spacial score (nSPS) is 15.6. The summed E-state index contributed by atoms with van der Waals surface area (Å²) in [6.45, 7) is 5.21. The molecule has 0 atom stereocenters. The van der Waals surface area contributed by atoms with Crippen LogP contribution in [-0.4, -0.2) is 57.4 Å². The lowest BCUT2D eigenvalue weighted by atomic mass is 10.1. The summed E-state index contributed by atoms with van der Waals surface area (Å²) in [5.74, 6) is -0.171. The average molecular weight is 483 g/mol. The molecule has 0 N–H and O–H groups in total. The summed E-state index contributed by atoms with van der Waals surface area (Å²) >= 11 is 7.62. The Kier molecular flexibility index (Phi) is 6.79. The number of amides is 1. The van der Waals surface area contributed by atoms with Crippen LogP contribution in [0.25, 0.3) is 16.8 Å². The number of carbonyl (C=O) groups is 1. The van der Waals surface area contributed by atoms with E-state index in [9.17, 15) is 9.36 Å². The molecule has 0 saturated carbocycles. The highest BCUT2D eigenvalue weighted by atomic mass is 35.5. The van der Waals surface area contributed by atoms with Crippen molar-refractivity contribution in [3.05, 3.63) is 39.9 Å². The number of aromatic nitrogens is 3. The van der Waals surface area contributed by atoms with Gasteiger partial charge in [-0.25, -0.2) is 9.50 Å². The van der Waals surface area contributed by atoms with E-state index in [1.807, 2.05) is 24.4 Å². The molecule has 31 heavy (non-hydrogen) atoms. The minimum atomic E-state index is -3.16. The third-order valence-corrected chi connectivity index (χ3v) is 9.16. The van der Waals surface area contributed by atoms with Crippen molar-refractivity contribution < 1.29 is 18.4 Å².